The second-order valence-electron chi connectivity index (χ2n) is 5.69. The van der Waals surface area contributed by atoms with Crippen LogP contribution in [0.1, 0.15) is 11.3 Å². The van der Waals surface area contributed by atoms with E-state index < -0.39 is 17.4 Å². The Hall–Kier alpha value is -2.55. The number of amides is 2. The lowest BCUT2D eigenvalue weighted by atomic mass is 9.93. The third-order valence-electron chi connectivity index (χ3n) is 3.99. The molecule has 0 spiro atoms. The lowest BCUT2D eigenvalue weighted by Crippen LogP contribution is -2.45. The number of carbonyl (C=O) groups excluding carboxylic acids is 2. The molecule has 0 saturated carbocycles. The molecule has 0 unspecified atom stereocenters. The molecule has 0 fully saturated rings. The van der Waals surface area contributed by atoms with E-state index in [0.29, 0.717) is 11.3 Å². The molecule has 0 saturated heterocycles. The van der Waals surface area contributed by atoms with E-state index in [1.54, 1.807) is 35.7 Å². The topological polar surface area (TPSA) is 91.6 Å². The maximum Gasteiger partial charge on any atom is 0.313 e. The van der Waals surface area contributed by atoms with E-state index >= 15 is 0 Å². The van der Waals surface area contributed by atoms with Crippen LogP contribution in [0.2, 0.25) is 0 Å². The highest BCUT2D eigenvalue weighted by atomic mass is 32.2. The van der Waals surface area contributed by atoms with Gasteiger partial charge in [-0.25, -0.2) is 0 Å². The summed E-state index contributed by atoms with van der Waals surface area (Å²) in [5.74, 6) is -1.36. The smallest absolute Gasteiger partial charge is 0.313 e. The van der Waals surface area contributed by atoms with E-state index in [0.717, 1.165) is 4.90 Å². The van der Waals surface area contributed by atoms with E-state index in [1.807, 2.05) is 23.8 Å². The van der Waals surface area contributed by atoms with Crippen molar-refractivity contribution in [1.29, 1.82) is 0 Å². The summed E-state index contributed by atoms with van der Waals surface area (Å²) < 4.78 is 5.34. The van der Waals surface area contributed by atoms with E-state index in [9.17, 15) is 14.7 Å². The molecule has 2 aromatic heterocycles. The number of carbonyl (C=O) groups is 2. The molecular formula is C19H18N2O4S2. The molecule has 0 aliphatic heterocycles. The zero-order valence-electron chi connectivity index (χ0n) is 14.5. The van der Waals surface area contributed by atoms with E-state index in [1.165, 1.54) is 29.4 Å². The monoisotopic (exact) mass is 402 g/mol. The Balaban J connectivity index is 1.70. The fourth-order valence-corrected chi connectivity index (χ4v) is 3.84. The fraction of sp³-hybridized carbons (Fsp3) is 0.158. The predicted molar refractivity (Wildman–Crippen MR) is 106 cm³/mol. The maximum absolute atomic E-state index is 12.3. The molecular weight excluding hydrogens is 384 g/mol. The molecule has 3 rings (SSSR count). The number of rotatable bonds is 6. The Labute approximate surface area is 164 Å². The van der Waals surface area contributed by atoms with E-state index in [4.69, 9.17) is 4.42 Å². The van der Waals surface area contributed by atoms with Crippen LogP contribution in [0.3, 0.4) is 0 Å². The highest BCUT2D eigenvalue weighted by molar-refractivity contribution is 7.98. The summed E-state index contributed by atoms with van der Waals surface area (Å²) in [7, 11) is 0. The minimum atomic E-state index is -1.56. The van der Waals surface area contributed by atoms with Gasteiger partial charge in [0.2, 0.25) is 0 Å². The van der Waals surface area contributed by atoms with Crippen LogP contribution in [0.15, 0.2) is 68.8 Å². The van der Waals surface area contributed by atoms with Gasteiger partial charge in [0, 0.05) is 10.5 Å². The second kappa shape index (κ2) is 8.43. The number of thioether (sulfide) groups is 1. The Bertz CT molecular complexity index is 873. The predicted octanol–water partition coefficient (Wildman–Crippen LogP) is 3.05. The molecule has 2 amide bonds. The molecule has 8 heteroatoms. The standard InChI is InChI=1S/C19H18N2O4S2/c1-26-15-6-3-2-5-14(15)21-18(23)17(22)20-12-19(24,13-8-10-27-11-13)16-7-4-9-25-16/h2-11,24H,12H2,1H3,(H,20,22)(H,21,23)/t19-/m0/s1. The first-order valence-corrected chi connectivity index (χ1v) is 10.2. The summed E-state index contributed by atoms with van der Waals surface area (Å²) in [5, 5.41) is 19.8. The van der Waals surface area contributed by atoms with Gasteiger partial charge in [0.15, 0.2) is 5.60 Å². The normalized spacial score (nSPS) is 13.0. The Morgan fingerprint density at radius 1 is 1.19 bits per heavy atom. The van der Waals surface area contributed by atoms with Crippen molar-refractivity contribution in [3.63, 3.8) is 0 Å². The zero-order valence-corrected chi connectivity index (χ0v) is 16.1. The Kier molecular flexibility index (Phi) is 6.00. The molecule has 1 aromatic carbocycles. The van der Waals surface area contributed by atoms with Crippen molar-refractivity contribution in [3.8, 4) is 0 Å². The SMILES string of the molecule is CSc1ccccc1NC(=O)C(=O)NC[C@](O)(c1ccsc1)c1ccco1. The van der Waals surface area contributed by atoms with E-state index in [2.05, 4.69) is 10.6 Å². The average molecular weight is 402 g/mol. The minimum absolute atomic E-state index is 0.201. The van der Waals surface area contributed by atoms with Gasteiger partial charge in [0.05, 0.1) is 18.5 Å². The van der Waals surface area contributed by atoms with Crippen LogP contribution in [0.25, 0.3) is 0 Å². The van der Waals surface area contributed by atoms with Gasteiger partial charge in [-0.05, 0) is 47.3 Å². The lowest BCUT2D eigenvalue weighted by Gasteiger charge is -2.25. The molecule has 3 N–H and O–H groups in total. The lowest BCUT2D eigenvalue weighted by molar-refractivity contribution is -0.136. The number of hydrogen-bond donors (Lipinski definition) is 3. The van der Waals surface area contributed by atoms with E-state index in [-0.39, 0.29) is 12.3 Å². The summed E-state index contributed by atoms with van der Waals surface area (Å²) in [6.45, 7) is -0.201. The molecule has 2 heterocycles. The molecule has 6 nitrogen and oxygen atoms in total. The summed E-state index contributed by atoms with van der Waals surface area (Å²) in [4.78, 5) is 25.3. The number of aliphatic hydroxyl groups is 1. The van der Waals surface area contributed by atoms with Gasteiger partial charge in [-0.3, -0.25) is 9.59 Å². The van der Waals surface area contributed by atoms with Crippen molar-refractivity contribution >= 4 is 40.6 Å². The number of furan rings is 1. The third kappa shape index (κ3) is 4.24. The molecule has 0 bridgehead atoms. The summed E-state index contributed by atoms with van der Waals surface area (Å²) in [5.41, 5.74) is -0.420. The van der Waals surface area contributed by atoms with Gasteiger partial charge in [-0.2, -0.15) is 11.3 Å². The first kappa shape index (κ1) is 19.2. The number of nitrogens with one attached hydrogen (secondary N) is 2. The maximum atomic E-state index is 12.3. The van der Waals surface area contributed by atoms with Crippen LogP contribution in [0.4, 0.5) is 5.69 Å². The van der Waals surface area contributed by atoms with Crippen molar-refractivity contribution in [2.24, 2.45) is 0 Å². The number of para-hydroxylation sites is 1. The van der Waals surface area contributed by atoms with Crippen molar-refractivity contribution < 1.29 is 19.1 Å². The first-order chi connectivity index (χ1) is 13.0. The summed E-state index contributed by atoms with van der Waals surface area (Å²) in [6.07, 6.45) is 3.33. The van der Waals surface area contributed by atoms with Gasteiger partial charge in [0.25, 0.3) is 0 Å². The van der Waals surface area contributed by atoms with Crippen LogP contribution in [-0.4, -0.2) is 29.7 Å². The van der Waals surface area contributed by atoms with Crippen LogP contribution in [0.5, 0.6) is 0 Å². The second-order valence-corrected chi connectivity index (χ2v) is 7.31. The van der Waals surface area contributed by atoms with Crippen LogP contribution >= 0.6 is 23.1 Å². The number of benzene rings is 1. The molecule has 140 valence electrons. The van der Waals surface area contributed by atoms with Gasteiger partial charge < -0.3 is 20.2 Å². The van der Waals surface area contributed by atoms with Crippen molar-refractivity contribution in [3.05, 3.63) is 70.8 Å². The fourth-order valence-electron chi connectivity index (χ4n) is 2.56. The molecule has 0 aliphatic rings. The van der Waals surface area contributed by atoms with Gasteiger partial charge >= 0.3 is 11.8 Å². The third-order valence-corrected chi connectivity index (χ3v) is 5.47. The Morgan fingerprint density at radius 2 is 2.00 bits per heavy atom. The van der Waals surface area contributed by atoms with Crippen molar-refractivity contribution in [1.82, 2.24) is 5.32 Å². The van der Waals surface area contributed by atoms with Gasteiger partial charge in [0.1, 0.15) is 5.76 Å². The molecule has 3 aromatic rings. The molecule has 0 aliphatic carbocycles. The van der Waals surface area contributed by atoms with Crippen molar-refractivity contribution in [2.75, 3.05) is 18.1 Å². The van der Waals surface area contributed by atoms with Gasteiger partial charge in [-0.15, -0.1) is 11.8 Å². The number of hydrogen-bond acceptors (Lipinski definition) is 6. The summed E-state index contributed by atoms with van der Waals surface area (Å²) >= 11 is 2.88. The first-order valence-electron chi connectivity index (χ1n) is 8.06. The summed E-state index contributed by atoms with van der Waals surface area (Å²) in [6, 6.07) is 12.2. The largest absolute Gasteiger partial charge is 0.466 e. The van der Waals surface area contributed by atoms with Crippen LogP contribution < -0.4 is 10.6 Å². The van der Waals surface area contributed by atoms with Gasteiger partial charge in [-0.1, -0.05) is 12.1 Å². The molecule has 27 heavy (non-hydrogen) atoms. The number of thiophene rings is 1. The average Bonchev–Trinajstić information content (AvgIpc) is 3.40. The quantitative estimate of drug-likeness (QED) is 0.435. The molecule has 1 atom stereocenters. The van der Waals surface area contributed by atoms with Crippen LogP contribution in [0, 0.1) is 0 Å². The molecule has 0 radical (unpaired) electrons. The van der Waals surface area contributed by atoms with Crippen molar-refractivity contribution in [2.45, 2.75) is 10.5 Å². The highest BCUT2D eigenvalue weighted by Gasteiger charge is 2.36. The zero-order chi connectivity index (χ0) is 19.3. The van der Waals surface area contributed by atoms with Crippen LogP contribution in [-0.2, 0) is 15.2 Å². The number of anilines is 1. The Morgan fingerprint density at radius 3 is 2.67 bits per heavy atom. The minimum Gasteiger partial charge on any atom is -0.466 e. The highest BCUT2D eigenvalue weighted by Crippen LogP contribution is 2.31.